The van der Waals surface area contributed by atoms with Crippen molar-refractivity contribution < 1.29 is 4.42 Å². The molecule has 28 heavy (non-hydrogen) atoms. The molecule has 0 N–H and O–H groups in total. The number of furan rings is 1. The Morgan fingerprint density at radius 2 is 1.89 bits per heavy atom. The van der Waals surface area contributed by atoms with Crippen LogP contribution in [0.15, 0.2) is 65.6 Å². The van der Waals surface area contributed by atoms with E-state index >= 15 is 0 Å². The first-order valence-electron chi connectivity index (χ1n) is 8.83. The molecular formula is C23H15ClN2OS. The number of para-hydroxylation sites is 1. The first-order valence-corrected chi connectivity index (χ1v) is 10.0. The Hall–Kier alpha value is -2.95. The van der Waals surface area contributed by atoms with Crippen molar-refractivity contribution in [3.8, 4) is 11.3 Å². The normalized spacial score (nSPS) is 11.9. The third-order valence-electron chi connectivity index (χ3n) is 4.79. The zero-order valence-corrected chi connectivity index (χ0v) is 16.6. The number of nitrogens with zero attached hydrogens (tertiary/aromatic N) is 2. The summed E-state index contributed by atoms with van der Waals surface area (Å²) in [6, 6.07) is 14.3. The number of hydrogen-bond donors (Lipinski definition) is 0. The topological polar surface area (TPSA) is 38.9 Å². The molecule has 5 rings (SSSR count). The van der Waals surface area contributed by atoms with Gasteiger partial charge in [0.15, 0.2) is 0 Å². The molecule has 0 spiro atoms. The SMILES string of the molecule is C=C/C=C\c1c(C)oc2c(-c3nc(Cl)nc4c3sc3ccccc34)cccc12. The quantitative estimate of drug-likeness (QED) is 0.233. The lowest BCUT2D eigenvalue weighted by Gasteiger charge is -2.04. The molecule has 3 aromatic heterocycles. The van der Waals surface area contributed by atoms with Crippen molar-refractivity contribution in [2.45, 2.75) is 6.92 Å². The molecule has 0 saturated carbocycles. The zero-order chi connectivity index (χ0) is 19.3. The van der Waals surface area contributed by atoms with Gasteiger partial charge >= 0.3 is 0 Å². The molecule has 0 saturated heterocycles. The van der Waals surface area contributed by atoms with Crippen LogP contribution in [0, 0.1) is 6.92 Å². The fourth-order valence-corrected chi connectivity index (χ4v) is 4.88. The van der Waals surface area contributed by atoms with Gasteiger partial charge in [-0.3, -0.25) is 0 Å². The maximum absolute atomic E-state index is 6.32. The molecule has 5 aromatic rings. The first kappa shape index (κ1) is 17.2. The van der Waals surface area contributed by atoms with Crippen LogP contribution < -0.4 is 0 Å². The Morgan fingerprint density at radius 3 is 2.75 bits per heavy atom. The van der Waals surface area contributed by atoms with Crippen LogP contribution in [-0.2, 0) is 0 Å². The molecule has 0 unspecified atom stereocenters. The van der Waals surface area contributed by atoms with E-state index in [0.29, 0.717) is 0 Å². The smallest absolute Gasteiger partial charge is 0.223 e. The van der Waals surface area contributed by atoms with E-state index in [9.17, 15) is 0 Å². The number of allylic oxidation sites excluding steroid dienone is 2. The predicted molar refractivity (Wildman–Crippen MR) is 119 cm³/mol. The molecule has 3 nitrogen and oxygen atoms in total. The monoisotopic (exact) mass is 402 g/mol. The van der Waals surface area contributed by atoms with Crippen molar-refractivity contribution in [1.82, 2.24) is 9.97 Å². The van der Waals surface area contributed by atoms with E-state index in [1.165, 1.54) is 0 Å². The molecule has 0 amide bonds. The minimum absolute atomic E-state index is 0.234. The molecule has 136 valence electrons. The highest BCUT2D eigenvalue weighted by Gasteiger charge is 2.19. The third-order valence-corrected chi connectivity index (χ3v) is 6.12. The van der Waals surface area contributed by atoms with Crippen molar-refractivity contribution in [2.24, 2.45) is 0 Å². The molecule has 0 atom stereocenters. The maximum atomic E-state index is 6.32. The molecule has 0 radical (unpaired) electrons. The lowest BCUT2D eigenvalue weighted by Crippen LogP contribution is -1.89. The number of rotatable bonds is 3. The van der Waals surface area contributed by atoms with Gasteiger partial charge in [0.2, 0.25) is 5.28 Å². The number of thiophene rings is 1. The standard InChI is InChI=1S/C23H15ClN2OS/c1-3-4-8-14-13(2)27-21-15(14)10-7-11-17(21)20-22-19(25-23(24)26-20)16-9-5-6-12-18(16)28-22/h3-12H,1H2,2H3/b8-4-. The molecule has 2 aromatic carbocycles. The van der Waals surface area contributed by atoms with Gasteiger partial charge in [-0.15, -0.1) is 11.3 Å². The number of benzene rings is 2. The lowest BCUT2D eigenvalue weighted by atomic mass is 10.0. The van der Waals surface area contributed by atoms with Gasteiger partial charge in [-0.05, 0) is 30.7 Å². The maximum Gasteiger partial charge on any atom is 0.223 e. The first-order chi connectivity index (χ1) is 13.7. The summed E-state index contributed by atoms with van der Waals surface area (Å²) in [5.74, 6) is 0.855. The summed E-state index contributed by atoms with van der Waals surface area (Å²) in [5, 5.41) is 2.36. The van der Waals surface area contributed by atoms with Crippen LogP contribution in [0.5, 0.6) is 0 Å². The van der Waals surface area contributed by atoms with E-state index in [1.54, 1.807) is 17.4 Å². The van der Waals surface area contributed by atoms with Gasteiger partial charge in [-0.2, -0.15) is 0 Å². The minimum atomic E-state index is 0.234. The predicted octanol–water partition coefficient (Wildman–Crippen LogP) is 7.42. The highest BCUT2D eigenvalue weighted by Crippen LogP contribution is 2.41. The van der Waals surface area contributed by atoms with Gasteiger partial charge in [0, 0.05) is 26.6 Å². The molecule has 0 aliphatic heterocycles. The Labute approximate surface area is 170 Å². The lowest BCUT2D eigenvalue weighted by molar-refractivity contribution is 0.578. The van der Waals surface area contributed by atoms with Gasteiger partial charge in [0.1, 0.15) is 11.3 Å². The van der Waals surface area contributed by atoms with Gasteiger partial charge < -0.3 is 4.42 Å². The largest absolute Gasteiger partial charge is 0.460 e. The molecule has 0 bridgehead atoms. The highest BCUT2D eigenvalue weighted by atomic mass is 35.5. The molecule has 3 heterocycles. The second-order valence-corrected chi connectivity index (χ2v) is 7.86. The van der Waals surface area contributed by atoms with Crippen LogP contribution in [0.25, 0.3) is 48.6 Å². The molecule has 0 fully saturated rings. The number of halogens is 1. The second-order valence-electron chi connectivity index (χ2n) is 6.47. The average molecular weight is 403 g/mol. The zero-order valence-electron chi connectivity index (χ0n) is 15.1. The van der Waals surface area contributed by atoms with E-state index in [4.69, 9.17) is 16.0 Å². The molecule has 5 heteroatoms. The van der Waals surface area contributed by atoms with Gasteiger partial charge in [-0.1, -0.05) is 55.1 Å². The number of hydrogen-bond acceptors (Lipinski definition) is 4. The van der Waals surface area contributed by atoms with Crippen molar-refractivity contribution in [2.75, 3.05) is 0 Å². The molecular weight excluding hydrogens is 388 g/mol. The van der Waals surface area contributed by atoms with E-state index in [0.717, 1.165) is 53.9 Å². The van der Waals surface area contributed by atoms with Crippen LogP contribution in [0.2, 0.25) is 5.28 Å². The second kappa shape index (κ2) is 6.59. The molecule has 0 aliphatic rings. The van der Waals surface area contributed by atoms with Gasteiger partial charge in [0.25, 0.3) is 0 Å². The Morgan fingerprint density at radius 1 is 1.07 bits per heavy atom. The number of fused-ring (bicyclic) bond motifs is 4. The summed E-state index contributed by atoms with van der Waals surface area (Å²) < 4.78 is 8.33. The Kier molecular flexibility index (Phi) is 4.04. The number of aryl methyl sites for hydroxylation is 1. The summed E-state index contributed by atoms with van der Waals surface area (Å²) in [6.45, 7) is 5.72. The summed E-state index contributed by atoms with van der Waals surface area (Å²) in [7, 11) is 0. The fraction of sp³-hybridized carbons (Fsp3) is 0.0435. The van der Waals surface area contributed by atoms with Crippen LogP contribution >= 0.6 is 22.9 Å². The average Bonchev–Trinajstić information content (AvgIpc) is 3.23. The van der Waals surface area contributed by atoms with Crippen LogP contribution in [0.4, 0.5) is 0 Å². The summed E-state index contributed by atoms with van der Waals surface area (Å²) in [6.07, 6.45) is 5.68. The highest BCUT2D eigenvalue weighted by molar-refractivity contribution is 7.26. The van der Waals surface area contributed by atoms with E-state index in [1.807, 2.05) is 43.3 Å². The van der Waals surface area contributed by atoms with Gasteiger partial charge in [0.05, 0.1) is 15.9 Å². The Balaban J connectivity index is 1.87. The van der Waals surface area contributed by atoms with Crippen molar-refractivity contribution in [1.29, 1.82) is 0 Å². The van der Waals surface area contributed by atoms with Crippen molar-refractivity contribution in [3.63, 3.8) is 0 Å². The van der Waals surface area contributed by atoms with E-state index < -0.39 is 0 Å². The van der Waals surface area contributed by atoms with E-state index in [2.05, 4.69) is 34.7 Å². The Bertz CT molecular complexity index is 1410. The van der Waals surface area contributed by atoms with Crippen molar-refractivity contribution in [3.05, 3.63) is 77.8 Å². The number of aromatic nitrogens is 2. The van der Waals surface area contributed by atoms with Gasteiger partial charge in [-0.25, -0.2) is 9.97 Å². The summed E-state index contributed by atoms with van der Waals surface area (Å²) in [5.41, 5.74) is 4.44. The fourth-order valence-electron chi connectivity index (χ4n) is 3.56. The third kappa shape index (κ3) is 2.57. The van der Waals surface area contributed by atoms with Crippen molar-refractivity contribution >= 4 is 60.3 Å². The van der Waals surface area contributed by atoms with Crippen LogP contribution in [-0.4, -0.2) is 9.97 Å². The minimum Gasteiger partial charge on any atom is -0.460 e. The van der Waals surface area contributed by atoms with Crippen LogP contribution in [0.1, 0.15) is 11.3 Å². The van der Waals surface area contributed by atoms with Crippen LogP contribution in [0.3, 0.4) is 0 Å². The summed E-state index contributed by atoms with van der Waals surface area (Å²) in [4.78, 5) is 9.09. The summed E-state index contributed by atoms with van der Waals surface area (Å²) >= 11 is 7.99. The molecule has 0 aliphatic carbocycles. The van der Waals surface area contributed by atoms with E-state index in [-0.39, 0.29) is 5.28 Å².